The molecule has 0 heterocycles. The number of halogens is 1. The molecule has 1 aliphatic rings. The van der Waals surface area contributed by atoms with Crippen LogP contribution in [0.5, 0.6) is 5.75 Å². The quantitative estimate of drug-likeness (QED) is 0.588. The van der Waals surface area contributed by atoms with Crippen LogP contribution in [0.2, 0.25) is 0 Å². The second-order valence-electron chi connectivity index (χ2n) is 6.40. The summed E-state index contributed by atoms with van der Waals surface area (Å²) in [5.74, 6) is -2.01. The third-order valence-corrected chi connectivity index (χ3v) is 4.74. The standard InChI is InChI=1S/C22H21FO4/c1-3-27-22(25)21-19(15-5-4-6-17(23)11-15)12-16(13-20(21)24)14-7-9-18(26-2)10-8-14/h4-11,13,19,21H,3,12H2,1-2H3/t19-,21+/m0/s1. The van der Waals surface area contributed by atoms with Gasteiger partial charge in [-0.25, -0.2) is 4.39 Å². The normalized spacial score (nSPS) is 19.4. The first kappa shape index (κ1) is 18.8. The van der Waals surface area contributed by atoms with Crippen molar-refractivity contribution in [2.24, 2.45) is 5.92 Å². The highest BCUT2D eigenvalue weighted by atomic mass is 19.1. The topological polar surface area (TPSA) is 52.6 Å². The second-order valence-corrected chi connectivity index (χ2v) is 6.40. The third-order valence-electron chi connectivity index (χ3n) is 4.74. The van der Waals surface area contributed by atoms with Crippen molar-refractivity contribution < 1.29 is 23.5 Å². The molecule has 4 nitrogen and oxygen atoms in total. The van der Waals surface area contributed by atoms with Gasteiger partial charge in [0.05, 0.1) is 13.7 Å². The van der Waals surface area contributed by atoms with Crippen LogP contribution in [0.3, 0.4) is 0 Å². The maximum absolute atomic E-state index is 13.8. The Bertz CT molecular complexity index is 870. The molecule has 2 aromatic rings. The van der Waals surface area contributed by atoms with E-state index in [4.69, 9.17) is 9.47 Å². The maximum Gasteiger partial charge on any atom is 0.317 e. The summed E-state index contributed by atoms with van der Waals surface area (Å²) in [5, 5.41) is 0. The number of hydrogen-bond donors (Lipinski definition) is 0. The molecule has 0 bridgehead atoms. The number of benzene rings is 2. The Morgan fingerprint density at radius 2 is 1.93 bits per heavy atom. The van der Waals surface area contributed by atoms with Gasteiger partial charge in [-0.3, -0.25) is 9.59 Å². The van der Waals surface area contributed by atoms with Gasteiger partial charge >= 0.3 is 5.97 Å². The van der Waals surface area contributed by atoms with Gasteiger partial charge in [-0.2, -0.15) is 0 Å². The van der Waals surface area contributed by atoms with Crippen LogP contribution in [0.15, 0.2) is 54.6 Å². The van der Waals surface area contributed by atoms with E-state index in [1.54, 1.807) is 26.2 Å². The molecular weight excluding hydrogens is 347 g/mol. The third kappa shape index (κ3) is 4.08. The number of carbonyl (C=O) groups excluding carboxylic acids is 2. The molecule has 0 saturated carbocycles. The average Bonchev–Trinajstić information content (AvgIpc) is 2.67. The lowest BCUT2D eigenvalue weighted by atomic mass is 9.73. The monoisotopic (exact) mass is 368 g/mol. The van der Waals surface area contributed by atoms with Crippen LogP contribution in [0.25, 0.3) is 5.57 Å². The van der Waals surface area contributed by atoms with Crippen molar-refractivity contribution in [1.82, 2.24) is 0 Å². The zero-order valence-corrected chi connectivity index (χ0v) is 15.3. The Morgan fingerprint density at radius 1 is 1.19 bits per heavy atom. The zero-order valence-electron chi connectivity index (χ0n) is 15.3. The van der Waals surface area contributed by atoms with Gasteiger partial charge in [0, 0.05) is 5.92 Å². The fraction of sp³-hybridized carbons (Fsp3) is 0.273. The lowest BCUT2D eigenvalue weighted by Gasteiger charge is -2.29. The van der Waals surface area contributed by atoms with Gasteiger partial charge in [-0.15, -0.1) is 0 Å². The molecule has 5 heteroatoms. The highest BCUT2D eigenvalue weighted by Gasteiger charge is 2.39. The molecule has 0 aliphatic heterocycles. The Labute approximate surface area is 157 Å². The number of carbonyl (C=O) groups is 2. The number of hydrogen-bond acceptors (Lipinski definition) is 4. The fourth-order valence-corrected chi connectivity index (χ4v) is 3.44. The molecule has 0 unspecified atom stereocenters. The molecule has 0 amide bonds. The Kier molecular flexibility index (Phi) is 5.69. The number of methoxy groups -OCH3 is 1. The second kappa shape index (κ2) is 8.16. The molecule has 0 saturated heterocycles. The van der Waals surface area contributed by atoms with Crippen molar-refractivity contribution in [3.8, 4) is 5.75 Å². The van der Waals surface area contributed by atoms with Gasteiger partial charge in [0.1, 0.15) is 17.5 Å². The van der Waals surface area contributed by atoms with Crippen LogP contribution in [0, 0.1) is 11.7 Å². The summed E-state index contributed by atoms with van der Waals surface area (Å²) in [6, 6.07) is 13.4. The summed E-state index contributed by atoms with van der Waals surface area (Å²) in [4.78, 5) is 25.2. The van der Waals surface area contributed by atoms with Crippen LogP contribution in [-0.2, 0) is 14.3 Å². The molecule has 27 heavy (non-hydrogen) atoms. The van der Waals surface area contributed by atoms with Crippen molar-refractivity contribution in [2.75, 3.05) is 13.7 Å². The van der Waals surface area contributed by atoms with Crippen LogP contribution in [0.4, 0.5) is 4.39 Å². The van der Waals surface area contributed by atoms with Crippen molar-refractivity contribution >= 4 is 17.3 Å². The van der Waals surface area contributed by atoms with Crippen LogP contribution in [-0.4, -0.2) is 25.5 Å². The van der Waals surface area contributed by atoms with E-state index in [0.29, 0.717) is 17.7 Å². The minimum absolute atomic E-state index is 0.188. The summed E-state index contributed by atoms with van der Waals surface area (Å²) in [6.45, 7) is 1.88. The van der Waals surface area contributed by atoms with Crippen molar-refractivity contribution in [1.29, 1.82) is 0 Å². The summed E-state index contributed by atoms with van der Waals surface area (Å²) < 4.78 is 24.0. The molecule has 1 aliphatic carbocycles. The number of ether oxygens (including phenoxy) is 2. The molecule has 140 valence electrons. The molecule has 0 spiro atoms. The lowest BCUT2D eigenvalue weighted by molar-refractivity contribution is -0.151. The van der Waals surface area contributed by atoms with E-state index in [1.165, 1.54) is 18.2 Å². The Morgan fingerprint density at radius 3 is 2.56 bits per heavy atom. The molecule has 0 aromatic heterocycles. The van der Waals surface area contributed by atoms with Gasteiger partial charge in [0.2, 0.25) is 0 Å². The van der Waals surface area contributed by atoms with Crippen LogP contribution in [0.1, 0.15) is 30.4 Å². The van der Waals surface area contributed by atoms with E-state index in [1.807, 2.05) is 24.3 Å². The van der Waals surface area contributed by atoms with Gasteiger partial charge in [-0.1, -0.05) is 24.3 Å². The molecular formula is C22H21FO4. The predicted molar refractivity (Wildman–Crippen MR) is 99.9 cm³/mol. The van der Waals surface area contributed by atoms with E-state index < -0.39 is 23.6 Å². The van der Waals surface area contributed by atoms with Crippen LogP contribution >= 0.6 is 0 Å². The molecule has 0 N–H and O–H groups in total. The summed E-state index contributed by atoms with van der Waals surface area (Å²) in [5.41, 5.74) is 2.28. The van der Waals surface area contributed by atoms with Crippen LogP contribution < -0.4 is 4.74 Å². The number of ketones is 1. The average molecular weight is 368 g/mol. The maximum atomic E-state index is 13.8. The zero-order chi connectivity index (χ0) is 19.4. The van der Waals surface area contributed by atoms with Gasteiger partial charge in [-0.05, 0) is 60.4 Å². The van der Waals surface area contributed by atoms with Gasteiger partial charge in [0.15, 0.2) is 5.78 Å². The summed E-state index contributed by atoms with van der Waals surface area (Å²) in [6.07, 6.45) is 1.93. The Balaban J connectivity index is 2.00. The molecule has 3 rings (SSSR count). The summed E-state index contributed by atoms with van der Waals surface area (Å²) >= 11 is 0. The highest BCUT2D eigenvalue weighted by Crippen LogP contribution is 2.40. The first-order chi connectivity index (χ1) is 13.0. The number of rotatable bonds is 5. The van der Waals surface area contributed by atoms with Crippen molar-refractivity contribution in [2.45, 2.75) is 19.3 Å². The van der Waals surface area contributed by atoms with Crippen molar-refractivity contribution in [3.63, 3.8) is 0 Å². The van der Waals surface area contributed by atoms with Gasteiger partial charge in [0.25, 0.3) is 0 Å². The van der Waals surface area contributed by atoms with E-state index in [-0.39, 0.29) is 12.4 Å². The van der Waals surface area contributed by atoms with E-state index >= 15 is 0 Å². The number of allylic oxidation sites excluding steroid dienone is 2. The first-order valence-electron chi connectivity index (χ1n) is 8.84. The summed E-state index contributed by atoms with van der Waals surface area (Å²) in [7, 11) is 1.59. The first-order valence-corrected chi connectivity index (χ1v) is 8.84. The largest absolute Gasteiger partial charge is 0.497 e. The van der Waals surface area contributed by atoms with E-state index in [2.05, 4.69) is 0 Å². The predicted octanol–water partition coefficient (Wildman–Crippen LogP) is 4.15. The fourth-order valence-electron chi connectivity index (χ4n) is 3.44. The molecule has 2 atom stereocenters. The van der Waals surface area contributed by atoms with E-state index in [0.717, 1.165) is 11.1 Å². The minimum atomic E-state index is -0.964. The molecule has 0 radical (unpaired) electrons. The number of esters is 1. The smallest absolute Gasteiger partial charge is 0.317 e. The minimum Gasteiger partial charge on any atom is -0.497 e. The lowest BCUT2D eigenvalue weighted by Crippen LogP contribution is -2.34. The SMILES string of the molecule is CCOC(=O)[C@H]1C(=O)C=C(c2ccc(OC)cc2)C[C@H]1c1cccc(F)c1. The van der Waals surface area contributed by atoms with Crippen molar-refractivity contribution in [3.05, 3.63) is 71.6 Å². The van der Waals surface area contributed by atoms with E-state index in [9.17, 15) is 14.0 Å². The highest BCUT2D eigenvalue weighted by molar-refractivity contribution is 6.10. The Hall–Kier alpha value is -2.95. The van der Waals surface area contributed by atoms with Gasteiger partial charge < -0.3 is 9.47 Å². The molecule has 0 fully saturated rings. The molecule has 2 aromatic carbocycles.